The molecule has 1 unspecified atom stereocenters. The highest BCUT2D eigenvalue weighted by atomic mass is 35.5. The molecule has 1 aromatic rings. The van der Waals surface area contributed by atoms with Gasteiger partial charge in [0.15, 0.2) is 5.78 Å². The summed E-state index contributed by atoms with van der Waals surface area (Å²) in [6, 6.07) is 4.99. The second-order valence-corrected chi connectivity index (χ2v) is 5.59. The number of ketones is 1. The number of fused-ring (bicyclic) bond motifs is 1. The minimum Gasteiger partial charge on any atom is -0.383 e. The number of benzene rings is 1. The van der Waals surface area contributed by atoms with Crippen molar-refractivity contribution in [3.8, 4) is 0 Å². The largest absolute Gasteiger partial charge is 0.383 e. The van der Waals surface area contributed by atoms with Crippen molar-refractivity contribution in [2.75, 3.05) is 26.0 Å². The first-order chi connectivity index (χ1) is 9.32. The number of carbonyl (C=O) groups is 2. The van der Waals surface area contributed by atoms with Gasteiger partial charge in [-0.05, 0) is 25.1 Å². The molecule has 0 radical (unpaired) electrons. The van der Waals surface area contributed by atoms with E-state index in [0.29, 0.717) is 21.8 Å². The molecule has 0 bridgehead atoms. The van der Waals surface area contributed by atoms with Gasteiger partial charge in [0, 0.05) is 43.5 Å². The zero-order chi connectivity index (χ0) is 15.0. The molecule has 0 aliphatic carbocycles. The Labute approximate surface area is 123 Å². The lowest BCUT2D eigenvalue weighted by Crippen LogP contribution is -2.31. The van der Waals surface area contributed by atoms with Crippen molar-refractivity contribution in [2.45, 2.75) is 6.92 Å². The number of carbonyl (C=O) groups excluding carboxylic acids is 2. The van der Waals surface area contributed by atoms with Crippen molar-refractivity contribution in [1.29, 1.82) is 0 Å². The average molecular weight is 293 g/mol. The van der Waals surface area contributed by atoms with Crippen molar-refractivity contribution in [3.05, 3.63) is 40.6 Å². The maximum atomic E-state index is 12.7. The van der Waals surface area contributed by atoms with Crippen LogP contribution in [0.25, 0.3) is 0 Å². The van der Waals surface area contributed by atoms with Crippen LogP contribution >= 0.6 is 11.6 Å². The SMILES string of the molecule is CC1C(=O)N(C)c2cc(Cl)ccc2C(=O)C1=CN(C)C. The third-order valence-corrected chi connectivity index (χ3v) is 3.63. The summed E-state index contributed by atoms with van der Waals surface area (Å²) in [5.74, 6) is -0.732. The molecule has 0 aromatic heterocycles. The number of rotatable bonds is 1. The van der Waals surface area contributed by atoms with Gasteiger partial charge in [0.1, 0.15) is 0 Å². The summed E-state index contributed by atoms with van der Waals surface area (Å²) in [7, 11) is 5.32. The molecule has 1 aliphatic heterocycles. The van der Waals surface area contributed by atoms with Gasteiger partial charge >= 0.3 is 0 Å². The maximum absolute atomic E-state index is 12.7. The Hall–Kier alpha value is -1.81. The quantitative estimate of drug-likeness (QED) is 0.747. The van der Waals surface area contributed by atoms with Crippen LogP contribution in [0, 0.1) is 5.92 Å². The van der Waals surface area contributed by atoms with Gasteiger partial charge in [0.25, 0.3) is 0 Å². The van der Waals surface area contributed by atoms with Crippen molar-refractivity contribution < 1.29 is 9.59 Å². The fourth-order valence-corrected chi connectivity index (χ4v) is 2.48. The number of halogens is 1. The number of hydrogen-bond acceptors (Lipinski definition) is 3. The average Bonchev–Trinajstić information content (AvgIpc) is 2.45. The Morgan fingerprint density at radius 1 is 1.30 bits per heavy atom. The second-order valence-electron chi connectivity index (χ2n) is 5.16. The van der Waals surface area contributed by atoms with E-state index in [9.17, 15) is 9.59 Å². The molecule has 0 spiro atoms. The molecule has 5 heteroatoms. The van der Waals surface area contributed by atoms with E-state index in [1.807, 2.05) is 14.1 Å². The Bertz CT molecular complexity index is 608. The summed E-state index contributed by atoms with van der Waals surface area (Å²) in [6.07, 6.45) is 1.71. The van der Waals surface area contributed by atoms with Crippen LogP contribution in [0.5, 0.6) is 0 Å². The molecule has 1 heterocycles. The monoisotopic (exact) mass is 292 g/mol. The van der Waals surface area contributed by atoms with E-state index in [2.05, 4.69) is 0 Å². The standard InChI is InChI=1S/C15H17ClN2O2/c1-9-12(8-17(2)3)14(19)11-6-5-10(16)7-13(11)18(4)15(9)20/h5-9H,1-4H3. The molecule has 1 atom stereocenters. The third-order valence-electron chi connectivity index (χ3n) is 3.39. The molecule has 2 rings (SSSR count). The lowest BCUT2D eigenvalue weighted by molar-refractivity contribution is -0.120. The first kappa shape index (κ1) is 14.6. The van der Waals surface area contributed by atoms with Crippen molar-refractivity contribution in [3.63, 3.8) is 0 Å². The molecule has 0 saturated heterocycles. The van der Waals surface area contributed by atoms with E-state index in [1.54, 1.807) is 43.3 Å². The zero-order valence-electron chi connectivity index (χ0n) is 12.0. The van der Waals surface area contributed by atoms with Gasteiger partial charge in [-0.3, -0.25) is 9.59 Å². The van der Waals surface area contributed by atoms with E-state index in [1.165, 1.54) is 4.90 Å². The molecule has 1 amide bonds. The maximum Gasteiger partial charge on any atom is 0.234 e. The smallest absolute Gasteiger partial charge is 0.234 e. The molecule has 106 valence electrons. The summed E-state index contributed by atoms with van der Waals surface area (Å²) >= 11 is 5.98. The number of anilines is 1. The van der Waals surface area contributed by atoms with Crippen LogP contribution in [0.15, 0.2) is 30.0 Å². The Balaban J connectivity index is 2.67. The first-order valence-corrected chi connectivity index (χ1v) is 6.70. The van der Waals surface area contributed by atoms with Gasteiger partial charge in [0.05, 0.1) is 11.6 Å². The van der Waals surface area contributed by atoms with Gasteiger partial charge in [-0.1, -0.05) is 11.6 Å². The molecule has 0 fully saturated rings. The Morgan fingerprint density at radius 3 is 2.55 bits per heavy atom. The number of nitrogens with zero attached hydrogens (tertiary/aromatic N) is 2. The minimum atomic E-state index is -0.485. The van der Waals surface area contributed by atoms with Crippen LogP contribution in [-0.4, -0.2) is 37.7 Å². The molecule has 1 aromatic carbocycles. The lowest BCUT2D eigenvalue weighted by atomic mass is 9.94. The van der Waals surface area contributed by atoms with E-state index < -0.39 is 5.92 Å². The van der Waals surface area contributed by atoms with E-state index in [4.69, 9.17) is 11.6 Å². The van der Waals surface area contributed by atoms with Crippen molar-refractivity contribution >= 4 is 29.0 Å². The number of Topliss-reactive ketones (excluding diaryl/α,β-unsaturated/α-hetero) is 1. The normalized spacial score (nSPS) is 20.9. The Kier molecular flexibility index (Phi) is 3.86. The zero-order valence-corrected chi connectivity index (χ0v) is 12.7. The van der Waals surface area contributed by atoms with E-state index in [0.717, 1.165) is 0 Å². The first-order valence-electron chi connectivity index (χ1n) is 6.33. The topological polar surface area (TPSA) is 40.6 Å². The lowest BCUT2D eigenvalue weighted by Gasteiger charge is -2.19. The highest BCUT2D eigenvalue weighted by Crippen LogP contribution is 2.33. The second kappa shape index (κ2) is 5.29. The fraction of sp³-hybridized carbons (Fsp3) is 0.333. The molecular weight excluding hydrogens is 276 g/mol. The van der Waals surface area contributed by atoms with Crippen molar-refractivity contribution in [2.24, 2.45) is 5.92 Å². The van der Waals surface area contributed by atoms with Crippen LogP contribution in [0.3, 0.4) is 0 Å². The Morgan fingerprint density at radius 2 is 1.95 bits per heavy atom. The van der Waals surface area contributed by atoms with Crippen LogP contribution < -0.4 is 4.90 Å². The molecule has 4 nitrogen and oxygen atoms in total. The molecule has 0 N–H and O–H groups in total. The van der Waals surface area contributed by atoms with Crippen LogP contribution in [-0.2, 0) is 4.79 Å². The predicted octanol–water partition coefficient (Wildman–Crippen LogP) is 2.58. The summed E-state index contributed by atoms with van der Waals surface area (Å²) in [4.78, 5) is 28.4. The van der Waals surface area contributed by atoms with Gasteiger partial charge in [0.2, 0.25) is 5.91 Å². The minimum absolute atomic E-state index is 0.118. The predicted molar refractivity (Wildman–Crippen MR) is 80.1 cm³/mol. The van der Waals surface area contributed by atoms with Crippen LogP contribution in [0.1, 0.15) is 17.3 Å². The van der Waals surface area contributed by atoms with E-state index >= 15 is 0 Å². The summed E-state index contributed by atoms with van der Waals surface area (Å²) in [5, 5.41) is 0.504. The highest BCUT2D eigenvalue weighted by molar-refractivity contribution is 6.31. The molecule has 1 aliphatic rings. The molecule has 20 heavy (non-hydrogen) atoms. The summed E-state index contributed by atoms with van der Waals surface area (Å²) in [5.41, 5.74) is 1.55. The number of hydrogen-bond donors (Lipinski definition) is 0. The van der Waals surface area contributed by atoms with Gasteiger partial charge < -0.3 is 9.80 Å². The van der Waals surface area contributed by atoms with Gasteiger partial charge in [-0.25, -0.2) is 0 Å². The van der Waals surface area contributed by atoms with E-state index in [-0.39, 0.29) is 11.7 Å². The van der Waals surface area contributed by atoms with Gasteiger partial charge in [-0.2, -0.15) is 0 Å². The van der Waals surface area contributed by atoms with Crippen molar-refractivity contribution in [1.82, 2.24) is 4.90 Å². The highest BCUT2D eigenvalue weighted by Gasteiger charge is 2.34. The van der Waals surface area contributed by atoms with Gasteiger partial charge in [-0.15, -0.1) is 0 Å². The summed E-state index contributed by atoms with van der Waals surface area (Å²) < 4.78 is 0. The fourth-order valence-electron chi connectivity index (χ4n) is 2.32. The third kappa shape index (κ3) is 2.43. The van der Waals surface area contributed by atoms with Crippen LogP contribution in [0.4, 0.5) is 5.69 Å². The molecular formula is C15H17ClN2O2. The number of amides is 1. The van der Waals surface area contributed by atoms with Crippen LogP contribution in [0.2, 0.25) is 5.02 Å². The molecule has 0 saturated carbocycles. The summed E-state index contributed by atoms with van der Waals surface area (Å²) in [6.45, 7) is 1.75.